The standard InChI is InChI=1S/C23H32N4O2.ClH/c1-17-7-9-18(10-8-17)27-20-6-4-3-5-19(20)21(26-27)22(28)25-15-23(16-29-2)11-13-24-14-12-23;/h7-10,24H,3-6,11-16H2,1-2H3,(H,25,28);1H. The fourth-order valence-electron chi connectivity index (χ4n) is 4.67. The quantitative estimate of drug-likeness (QED) is 0.735. The molecular formula is C23H33ClN4O2. The van der Waals surface area contributed by atoms with E-state index >= 15 is 0 Å². The van der Waals surface area contributed by atoms with Gasteiger partial charge >= 0.3 is 0 Å². The van der Waals surface area contributed by atoms with Gasteiger partial charge in [0.1, 0.15) is 0 Å². The van der Waals surface area contributed by atoms with Crippen molar-refractivity contribution >= 4 is 18.3 Å². The monoisotopic (exact) mass is 432 g/mol. The maximum atomic E-state index is 13.2. The summed E-state index contributed by atoms with van der Waals surface area (Å²) in [5.41, 5.74) is 5.18. The van der Waals surface area contributed by atoms with Crippen LogP contribution in [0.15, 0.2) is 24.3 Å². The van der Waals surface area contributed by atoms with Gasteiger partial charge in [-0.2, -0.15) is 5.10 Å². The Morgan fingerprint density at radius 2 is 1.90 bits per heavy atom. The summed E-state index contributed by atoms with van der Waals surface area (Å²) in [4.78, 5) is 13.2. The number of halogens is 1. The van der Waals surface area contributed by atoms with Gasteiger partial charge in [-0.3, -0.25) is 4.79 Å². The molecule has 0 unspecified atom stereocenters. The average Bonchev–Trinajstić information content (AvgIpc) is 3.13. The number of amides is 1. The van der Waals surface area contributed by atoms with Gasteiger partial charge in [0.2, 0.25) is 0 Å². The van der Waals surface area contributed by atoms with Crippen molar-refractivity contribution < 1.29 is 9.53 Å². The zero-order chi connectivity index (χ0) is 20.3. The first kappa shape index (κ1) is 22.8. The molecule has 1 aromatic heterocycles. The normalized spacial score (nSPS) is 17.7. The topological polar surface area (TPSA) is 68.2 Å². The minimum atomic E-state index is -0.0528. The fraction of sp³-hybridized carbons (Fsp3) is 0.565. The van der Waals surface area contributed by atoms with Crippen LogP contribution in [0.4, 0.5) is 0 Å². The lowest BCUT2D eigenvalue weighted by Crippen LogP contribution is -2.47. The molecule has 1 amide bonds. The van der Waals surface area contributed by atoms with E-state index in [0.717, 1.165) is 62.9 Å². The number of ether oxygens (including phenoxy) is 1. The molecule has 2 aliphatic rings. The Kier molecular flexibility index (Phi) is 7.55. The Morgan fingerprint density at radius 3 is 2.60 bits per heavy atom. The van der Waals surface area contributed by atoms with Crippen LogP contribution in [0, 0.1) is 12.3 Å². The van der Waals surface area contributed by atoms with Crippen LogP contribution in [0.5, 0.6) is 0 Å². The molecule has 1 saturated heterocycles. The van der Waals surface area contributed by atoms with Crippen LogP contribution in [0.1, 0.15) is 53.0 Å². The van der Waals surface area contributed by atoms with E-state index in [0.29, 0.717) is 18.8 Å². The molecule has 164 valence electrons. The molecule has 0 atom stereocenters. The van der Waals surface area contributed by atoms with E-state index in [4.69, 9.17) is 9.84 Å². The Morgan fingerprint density at radius 1 is 1.20 bits per heavy atom. The molecule has 30 heavy (non-hydrogen) atoms. The van der Waals surface area contributed by atoms with Gasteiger partial charge in [-0.15, -0.1) is 12.4 Å². The van der Waals surface area contributed by atoms with Gasteiger partial charge in [0.15, 0.2) is 5.69 Å². The molecule has 7 heteroatoms. The summed E-state index contributed by atoms with van der Waals surface area (Å²) in [6.45, 7) is 5.32. The molecule has 2 heterocycles. The minimum absolute atomic E-state index is 0. The molecule has 0 bridgehead atoms. The second-order valence-electron chi connectivity index (χ2n) is 8.59. The highest BCUT2D eigenvalue weighted by atomic mass is 35.5. The molecule has 2 aromatic rings. The van der Waals surface area contributed by atoms with E-state index < -0.39 is 0 Å². The maximum Gasteiger partial charge on any atom is 0.272 e. The van der Waals surface area contributed by atoms with E-state index in [1.165, 1.54) is 11.3 Å². The second kappa shape index (κ2) is 9.94. The van der Waals surface area contributed by atoms with Crippen molar-refractivity contribution in [2.24, 2.45) is 5.41 Å². The molecule has 1 aromatic carbocycles. The third-order valence-electron chi connectivity index (χ3n) is 6.41. The van der Waals surface area contributed by atoms with Gasteiger partial charge in [0, 0.05) is 30.3 Å². The van der Waals surface area contributed by atoms with Gasteiger partial charge < -0.3 is 15.4 Å². The van der Waals surface area contributed by atoms with Crippen molar-refractivity contribution in [2.45, 2.75) is 45.4 Å². The number of aromatic nitrogens is 2. The number of hydrogen-bond acceptors (Lipinski definition) is 4. The van der Waals surface area contributed by atoms with Crippen molar-refractivity contribution in [1.29, 1.82) is 0 Å². The predicted molar refractivity (Wildman–Crippen MR) is 121 cm³/mol. The predicted octanol–water partition coefficient (Wildman–Crippen LogP) is 3.23. The summed E-state index contributed by atoms with van der Waals surface area (Å²) in [6, 6.07) is 8.36. The number of hydrogen-bond donors (Lipinski definition) is 2. The number of piperidine rings is 1. The van der Waals surface area contributed by atoms with E-state index in [1.54, 1.807) is 7.11 Å². The number of carbonyl (C=O) groups is 1. The highest BCUT2D eigenvalue weighted by molar-refractivity contribution is 5.94. The van der Waals surface area contributed by atoms with Crippen LogP contribution in [-0.4, -0.2) is 49.0 Å². The largest absolute Gasteiger partial charge is 0.384 e. The molecule has 0 saturated carbocycles. The van der Waals surface area contributed by atoms with Crippen molar-refractivity contribution in [3.63, 3.8) is 0 Å². The number of nitrogens with one attached hydrogen (secondary N) is 2. The lowest BCUT2D eigenvalue weighted by Gasteiger charge is -2.37. The summed E-state index contributed by atoms with van der Waals surface area (Å²) < 4.78 is 7.47. The Bertz CT molecular complexity index is 851. The van der Waals surface area contributed by atoms with Crippen LogP contribution in [0.25, 0.3) is 5.69 Å². The van der Waals surface area contributed by atoms with E-state index in [2.05, 4.69) is 41.8 Å². The van der Waals surface area contributed by atoms with Gasteiger partial charge in [0.05, 0.1) is 12.3 Å². The van der Waals surface area contributed by atoms with Gasteiger partial charge in [-0.1, -0.05) is 17.7 Å². The highest BCUT2D eigenvalue weighted by Crippen LogP contribution is 2.30. The van der Waals surface area contributed by atoms with Crippen LogP contribution in [-0.2, 0) is 17.6 Å². The first-order chi connectivity index (χ1) is 14.1. The highest BCUT2D eigenvalue weighted by Gasteiger charge is 2.33. The SMILES string of the molecule is COCC1(CNC(=O)c2nn(-c3ccc(C)cc3)c3c2CCCC3)CCNCC1.Cl. The van der Waals surface area contributed by atoms with Crippen LogP contribution < -0.4 is 10.6 Å². The van der Waals surface area contributed by atoms with Crippen molar-refractivity contribution in [1.82, 2.24) is 20.4 Å². The van der Waals surface area contributed by atoms with Crippen molar-refractivity contribution in [3.8, 4) is 5.69 Å². The van der Waals surface area contributed by atoms with Gasteiger partial charge in [-0.05, 0) is 70.7 Å². The van der Waals surface area contributed by atoms with Crippen LogP contribution in [0.3, 0.4) is 0 Å². The Balaban J connectivity index is 0.00000256. The Hall–Kier alpha value is -1.89. The summed E-state index contributed by atoms with van der Waals surface area (Å²) in [5, 5.41) is 11.4. The Labute approximate surface area is 185 Å². The third-order valence-corrected chi connectivity index (χ3v) is 6.41. The average molecular weight is 433 g/mol. The molecule has 2 N–H and O–H groups in total. The molecule has 1 aliphatic carbocycles. The van der Waals surface area contributed by atoms with Crippen molar-refractivity contribution in [2.75, 3.05) is 33.4 Å². The van der Waals surface area contributed by atoms with Crippen LogP contribution in [0.2, 0.25) is 0 Å². The lowest BCUT2D eigenvalue weighted by atomic mass is 9.79. The first-order valence-corrected chi connectivity index (χ1v) is 10.8. The zero-order valence-electron chi connectivity index (χ0n) is 18.0. The molecule has 1 fully saturated rings. The van der Waals surface area contributed by atoms with E-state index in [-0.39, 0.29) is 23.7 Å². The zero-order valence-corrected chi connectivity index (χ0v) is 18.8. The summed E-state index contributed by atoms with van der Waals surface area (Å²) in [6.07, 6.45) is 6.19. The molecule has 1 aliphatic heterocycles. The smallest absolute Gasteiger partial charge is 0.272 e. The molecule has 0 radical (unpaired) electrons. The minimum Gasteiger partial charge on any atom is -0.384 e. The molecule has 6 nitrogen and oxygen atoms in total. The van der Waals surface area contributed by atoms with Gasteiger partial charge in [0.25, 0.3) is 5.91 Å². The third kappa shape index (κ3) is 4.71. The molecule has 0 spiro atoms. The van der Waals surface area contributed by atoms with Crippen molar-refractivity contribution in [3.05, 3.63) is 46.8 Å². The number of rotatable bonds is 6. The summed E-state index contributed by atoms with van der Waals surface area (Å²) >= 11 is 0. The lowest BCUT2D eigenvalue weighted by molar-refractivity contribution is 0.0510. The molecular weight excluding hydrogens is 400 g/mol. The molecule has 4 rings (SSSR count). The number of benzene rings is 1. The fourth-order valence-corrected chi connectivity index (χ4v) is 4.67. The number of nitrogens with zero attached hydrogens (tertiary/aromatic N) is 2. The van der Waals surface area contributed by atoms with E-state index in [1.807, 2.05) is 4.68 Å². The second-order valence-corrected chi connectivity index (χ2v) is 8.59. The number of aryl methyl sites for hydroxylation is 1. The number of carbonyl (C=O) groups excluding carboxylic acids is 1. The van der Waals surface area contributed by atoms with Crippen LogP contribution >= 0.6 is 12.4 Å². The van der Waals surface area contributed by atoms with Gasteiger partial charge in [-0.25, -0.2) is 4.68 Å². The number of methoxy groups -OCH3 is 1. The summed E-state index contributed by atoms with van der Waals surface area (Å²) in [7, 11) is 1.74. The maximum absolute atomic E-state index is 13.2. The summed E-state index contributed by atoms with van der Waals surface area (Å²) in [5.74, 6) is -0.0528. The number of fused-ring (bicyclic) bond motifs is 1. The van der Waals surface area contributed by atoms with E-state index in [9.17, 15) is 4.79 Å². The first-order valence-electron chi connectivity index (χ1n) is 10.8.